The monoisotopic (exact) mass is 574 g/mol. The summed E-state index contributed by atoms with van der Waals surface area (Å²) in [5.74, 6) is -0.719. The van der Waals surface area contributed by atoms with Crippen molar-refractivity contribution in [2.75, 3.05) is 19.1 Å². The lowest BCUT2D eigenvalue weighted by Gasteiger charge is -2.25. The number of cyclic esters (lactones) is 1. The van der Waals surface area contributed by atoms with Crippen LogP contribution < -0.4 is 9.64 Å². The van der Waals surface area contributed by atoms with Gasteiger partial charge in [0, 0.05) is 7.05 Å². The van der Waals surface area contributed by atoms with Gasteiger partial charge in [0.2, 0.25) is 0 Å². The third kappa shape index (κ3) is 6.78. The molecule has 2 amide bonds. The molecule has 0 aliphatic carbocycles. The van der Waals surface area contributed by atoms with E-state index in [0.29, 0.717) is 12.1 Å². The zero-order valence-electron chi connectivity index (χ0n) is 20.2. The van der Waals surface area contributed by atoms with Crippen LogP contribution in [0.5, 0.6) is 5.75 Å². The van der Waals surface area contributed by atoms with Crippen LogP contribution in [-0.2, 0) is 28.4 Å². The predicted molar refractivity (Wildman–Crippen MR) is 115 cm³/mol. The summed E-state index contributed by atoms with van der Waals surface area (Å²) in [5.41, 5.74) is -3.96. The molecule has 2 atom stereocenters. The standard InChI is InChI=1S/C23H19F9N2O5/c1-11-18(12-6-14(21(24,25)26)9-15(7-12)22(27,28)29)38-20(36)34(11)10-13-8-16(39-23(30,31)32)4-5-17(13)33(2)19(35)37-3/h4-9,11,18H,10H2,1-3H3/t11-,18-/m0/s1. The van der Waals surface area contributed by atoms with E-state index in [9.17, 15) is 49.1 Å². The maximum atomic E-state index is 13.3. The molecule has 0 unspecified atom stereocenters. The minimum Gasteiger partial charge on any atom is -0.452 e. The van der Waals surface area contributed by atoms with E-state index < -0.39 is 72.0 Å². The van der Waals surface area contributed by atoms with Crippen molar-refractivity contribution >= 4 is 17.9 Å². The van der Waals surface area contributed by atoms with Crippen molar-refractivity contribution in [3.05, 3.63) is 58.7 Å². The number of halogens is 9. The number of benzene rings is 2. The van der Waals surface area contributed by atoms with Gasteiger partial charge in [-0.15, -0.1) is 13.2 Å². The molecule has 0 aromatic heterocycles. The highest BCUT2D eigenvalue weighted by Gasteiger charge is 2.43. The van der Waals surface area contributed by atoms with Gasteiger partial charge in [0.05, 0.1) is 36.5 Å². The molecule has 0 bridgehead atoms. The van der Waals surface area contributed by atoms with Crippen molar-refractivity contribution in [3.63, 3.8) is 0 Å². The Hall–Kier alpha value is -3.85. The van der Waals surface area contributed by atoms with Crippen molar-refractivity contribution in [2.45, 2.75) is 44.3 Å². The lowest BCUT2D eigenvalue weighted by Crippen LogP contribution is -2.33. The highest BCUT2D eigenvalue weighted by atomic mass is 19.4. The number of amides is 2. The third-order valence-electron chi connectivity index (χ3n) is 5.77. The molecule has 2 aromatic rings. The van der Waals surface area contributed by atoms with Crippen LogP contribution in [0.4, 0.5) is 54.8 Å². The predicted octanol–water partition coefficient (Wildman–Crippen LogP) is 6.91. The number of carbonyl (C=O) groups is 2. The van der Waals surface area contributed by atoms with Gasteiger partial charge >= 0.3 is 30.9 Å². The molecule has 3 rings (SSSR count). The lowest BCUT2D eigenvalue weighted by molar-refractivity contribution is -0.274. The summed E-state index contributed by atoms with van der Waals surface area (Å²) in [6.45, 7) is 0.705. The Bertz CT molecular complexity index is 1210. The molecule has 1 aliphatic rings. The van der Waals surface area contributed by atoms with E-state index in [2.05, 4.69) is 9.47 Å². The quantitative estimate of drug-likeness (QED) is 0.363. The van der Waals surface area contributed by atoms with E-state index in [0.717, 1.165) is 35.1 Å². The highest BCUT2D eigenvalue weighted by Crippen LogP contribution is 2.41. The number of ether oxygens (including phenoxy) is 3. The second-order valence-electron chi connectivity index (χ2n) is 8.38. The summed E-state index contributed by atoms with van der Waals surface area (Å²) in [4.78, 5) is 26.5. The molecule has 1 fully saturated rings. The summed E-state index contributed by atoms with van der Waals surface area (Å²) in [5, 5.41) is 0. The first kappa shape index (κ1) is 29.7. The number of alkyl halides is 9. The van der Waals surface area contributed by atoms with E-state index in [-0.39, 0.29) is 17.3 Å². The molecule has 0 saturated carbocycles. The Kier molecular flexibility index (Phi) is 7.90. The zero-order chi connectivity index (χ0) is 29.5. The van der Waals surface area contributed by atoms with Crippen molar-refractivity contribution in [1.29, 1.82) is 0 Å². The number of anilines is 1. The molecule has 0 N–H and O–H groups in total. The van der Waals surface area contributed by atoms with E-state index in [1.54, 1.807) is 0 Å². The molecule has 0 spiro atoms. The largest absolute Gasteiger partial charge is 0.573 e. The van der Waals surface area contributed by atoms with Crippen LogP contribution in [0.15, 0.2) is 36.4 Å². The maximum Gasteiger partial charge on any atom is 0.573 e. The Morgan fingerprint density at radius 1 is 0.974 bits per heavy atom. The van der Waals surface area contributed by atoms with Crippen LogP contribution in [-0.4, -0.2) is 43.6 Å². The van der Waals surface area contributed by atoms with E-state index >= 15 is 0 Å². The van der Waals surface area contributed by atoms with Crippen LogP contribution in [0.1, 0.15) is 35.3 Å². The van der Waals surface area contributed by atoms with Crippen LogP contribution >= 0.6 is 0 Å². The summed E-state index contributed by atoms with van der Waals surface area (Å²) in [7, 11) is 2.25. The van der Waals surface area contributed by atoms with E-state index in [1.807, 2.05) is 0 Å². The molecular formula is C23H19F9N2O5. The van der Waals surface area contributed by atoms with Crippen LogP contribution in [0.2, 0.25) is 0 Å². The SMILES string of the molecule is COC(=O)N(C)c1ccc(OC(F)(F)F)cc1CN1C(=O)O[C@H](c2cc(C(F)(F)F)cc(C(F)(F)F)c2)[C@@H]1C. The minimum atomic E-state index is -5.14. The first-order valence-electron chi connectivity index (χ1n) is 10.8. The molecule has 39 heavy (non-hydrogen) atoms. The van der Waals surface area contributed by atoms with Gasteiger partial charge in [0.1, 0.15) is 11.9 Å². The summed E-state index contributed by atoms with van der Waals surface area (Å²) in [6.07, 6.45) is -19.1. The van der Waals surface area contributed by atoms with Gasteiger partial charge in [-0.1, -0.05) is 0 Å². The second-order valence-corrected chi connectivity index (χ2v) is 8.38. The van der Waals surface area contributed by atoms with E-state index in [4.69, 9.17) is 4.74 Å². The molecule has 1 saturated heterocycles. The summed E-state index contributed by atoms with van der Waals surface area (Å²) in [6, 6.07) is 2.39. The van der Waals surface area contributed by atoms with Crippen LogP contribution in [0, 0.1) is 0 Å². The van der Waals surface area contributed by atoms with Gasteiger partial charge < -0.3 is 14.2 Å². The van der Waals surface area contributed by atoms with E-state index in [1.165, 1.54) is 14.0 Å². The topological polar surface area (TPSA) is 68.3 Å². The Balaban J connectivity index is 2.02. The van der Waals surface area contributed by atoms with Gasteiger partial charge in [-0.05, 0) is 54.4 Å². The summed E-state index contributed by atoms with van der Waals surface area (Å²) < 4.78 is 132. The van der Waals surface area contributed by atoms with Crippen molar-refractivity contribution < 1.29 is 63.3 Å². The van der Waals surface area contributed by atoms with Crippen molar-refractivity contribution in [2.24, 2.45) is 0 Å². The number of rotatable bonds is 5. The molecule has 0 radical (unpaired) electrons. The molecule has 214 valence electrons. The molecule has 16 heteroatoms. The van der Waals surface area contributed by atoms with Crippen molar-refractivity contribution in [1.82, 2.24) is 4.90 Å². The molecule has 2 aromatic carbocycles. The fraction of sp³-hybridized carbons (Fsp3) is 0.391. The average molecular weight is 574 g/mol. The fourth-order valence-corrected chi connectivity index (χ4v) is 3.93. The lowest BCUT2D eigenvalue weighted by atomic mass is 9.97. The summed E-state index contributed by atoms with van der Waals surface area (Å²) >= 11 is 0. The van der Waals surface area contributed by atoms with Crippen molar-refractivity contribution in [3.8, 4) is 5.75 Å². The maximum absolute atomic E-state index is 13.3. The first-order valence-corrected chi connectivity index (χ1v) is 10.8. The number of hydrogen-bond acceptors (Lipinski definition) is 5. The fourth-order valence-electron chi connectivity index (χ4n) is 3.93. The highest BCUT2D eigenvalue weighted by molar-refractivity contribution is 5.88. The molecular weight excluding hydrogens is 555 g/mol. The Morgan fingerprint density at radius 3 is 2.03 bits per heavy atom. The first-order chi connectivity index (χ1) is 17.8. The normalized spacial score (nSPS) is 18.2. The average Bonchev–Trinajstić information content (AvgIpc) is 3.09. The number of nitrogens with zero attached hydrogens (tertiary/aromatic N) is 2. The molecule has 1 heterocycles. The molecule has 1 aliphatic heterocycles. The number of carbonyl (C=O) groups excluding carboxylic acids is 2. The number of methoxy groups -OCH3 is 1. The second kappa shape index (κ2) is 10.4. The smallest absolute Gasteiger partial charge is 0.452 e. The molecule has 7 nitrogen and oxygen atoms in total. The van der Waals surface area contributed by atoms with Gasteiger partial charge in [-0.25, -0.2) is 9.59 Å². The van der Waals surface area contributed by atoms with Gasteiger partial charge in [0.25, 0.3) is 0 Å². The van der Waals surface area contributed by atoms with Gasteiger partial charge in [0.15, 0.2) is 0 Å². The third-order valence-corrected chi connectivity index (χ3v) is 5.77. The Morgan fingerprint density at radius 2 is 1.54 bits per heavy atom. The van der Waals surface area contributed by atoms with Gasteiger partial charge in [-0.2, -0.15) is 26.3 Å². The minimum absolute atomic E-state index is 0.0294. The Labute approximate surface area is 214 Å². The zero-order valence-corrected chi connectivity index (χ0v) is 20.2. The van der Waals surface area contributed by atoms with Crippen LogP contribution in [0.25, 0.3) is 0 Å². The van der Waals surface area contributed by atoms with Crippen LogP contribution in [0.3, 0.4) is 0 Å². The number of hydrogen-bond donors (Lipinski definition) is 0. The van der Waals surface area contributed by atoms with Gasteiger partial charge in [-0.3, -0.25) is 9.80 Å².